The summed E-state index contributed by atoms with van der Waals surface area (Å²) < 4.78 is 10.5. The predicted molar refractivity (Wildman–Crippen MR) is 74.0 cm³/mol. The Bertz CT molecular complexity index is 413. The molecule has 1 aromatic heterocycles. The number of hydrogen-bond donors (Lipinski definition) is 3. The zero-order valence-electron chi connectivity index (χ0n) is 11.8. The summed E-state index contributed by atoms with van der Waals surface area (Å²) in [7, 11) is 0. The first-order valence-electron chi connectivity index (χ1n) is 6.82. The number of aromatic nitrogens is 3. The number of anilines is 2. The van der Waals surface area contributed by atoms with Gasteiger partial charge in [0.15, 0.2) is 0 Å². The van der Waals surface area contributed by atoms with Gasteiger partial charge in [0.1, 0.15) is 5.60 Å². The van der Waals surface area contributed by atoms with Gasteiger partial charge in [-0.25, -0.2) is 0 Å². The topological polar surface area (TPSA) is 101 Å². The summed E-state index contributed by atoms with van der Waals surface area (Å²) in [4.78, 5) is 12.5. The van der Waals surface area contributed by atoms with Crippen molar-refractivity contribution >= 4 is 11.9 Å². The zero-order valence-corrected chi connectivity index (χ0v) is 11.8. The van der Waals surface area contributed by atoms with Gasteiger partial charge in [0.25, 0.3) is 0 Å². The number of nitrogens with zero attached hydrogens (tertiary/aromatic N) is 3. The molecule has 2 heterocycles. The normalized spacial score (nSPS) is 21.8. The Labute approximate surface area is 117 Å². The summed E-state index contributed by atoms with van der Waals surface area (Å²) in [5.41, 5.74) is -0.864. The maximum Gasteiger partial charge on any atom is 0.323 e. The molecule has 3 N–H and O–H groups in total. The van der Waals surface area contributed by atoms with Gasteiger partial charge in [-0.1, -0.05) is 0 Å². The summed E-state index contributed by atoms with van der Waals surface area (Å²) in [6, 6.07) is 0.260. The Hall–Kier alpha value is -1.67. The van der Waals surface area contributed by atoms with Crippen LogP contribution < -0.4 is 15.4 Å². The fourth-order valence-corrected chi connectivity index (χ4v) is 1.85. The van der Waals surface area contributed by atoms with Crippen molar-refractivity contribution in [3.05, 3.63) is 0 Å². The highest BCUT2D eigenvalue weighted by Crippen LogP contribution is 2.19. The molecule has 1 aliphatic heterocycles. The molecule has 0 amide bonds. The SMILES string of the molecule is CCNc1nc(NCC2(O)CCOC2)nc(OCC)n1. The van der Waals surface area contributed by atoms with Crippen molar-refractivity contribution in [2.75, 3.05) is 43.5 Å². The highest BCUT2D eigenvalue weighted by molar-refractivity contribution is 5.36. The number of nitrogens with one attached hydrogen (secondary N) is 2. The van der Waals surface area contributed by atoms with Crippen LogP contribution in [0.5, 0.6) is 6.01 Å². The summed E-state index contributed by atoms with van der Waals surface area (Å²) in [5.74, 6) is 0.822. The van der Waals surface area contributed by atoms with Crippen LogP contribution in [-0.2, 0) is 4.74 Å². The lowest BCUT2D eigenvalue weighted by Crippen LogP contribution is -2.37. The molecule has 8 nitrogen and oxygen atoms in total. The fraction of sp³-hybridized carbons (Fsp3) is 0.750. The predicted octanol–water partition coefficient (Wildman–Crippen LogP) is 0.265. The lowest BCUT2D eigenvalue weighted by atomic mass is 10.0. The third-order valence-electron chi connectivity index (χ3n) is 2.88. The molecular formula is C12H21N5O3. The van der Waals surface area contributed by atoms with E-state index in [1.165, 1.54) is 0 Å². The van der Waals surface area contributed by atoms with E-state index in [9.17, 15) is 5.11 Å². The molecule has 1 unspecified atom stereocenters. The molecule has 1 aromatic rings. The molecule has 1 saturated heterocycles. The van der Waals surface area contributed by atoms with E-state index >= 15 is 0 Å². The van der Waals surface area contributed by atoms with Crippen LogP contribution in [0.15, 0.2) is 0 Å². The first-order chi connectivity index (χ1) is 9.65. The smallest absolute Gasteiger partial charge is 0.323 e. The Morgan fingerprint density at radius 2 is 2.00 bits per heavy atom. The van der Waals surface area contributed by atoms with Gasteiger partial charge < -0.3 is 25.2 Å². The molecule has 0 aliphatic carbocycles. The first-order valence-corrected chi connectivity index (χ1v) is 6.82. The lowest BCUT2D eigenvalue weighted by Gasteiger charge is -2.20. The van der Waals surface area contributed by atoms with Gasteiger partial charge in [-0.05, 0) is 13.8 Å². The Morgan fingerprint density at radius 3 is 2.60 bits per heavy atom. The van der Waals surface area contributed by atoms with E-state index in [0.717, 1.165) is 0 Å². The molecule has 1 atom stereocenters. The van der Waals surface area contributed by atoms with Gasteiger partial charge in [0.05, 0.1) is 13.2 Å². The van der Waals surface area contributed by atoms with Crippen molar-refractivity contribution in [2.24, 2.45) is 0 Å². The minimum absolute atomic E-state index is 0.260. The molecular weight excluding hydrogens is 262 g/mol. The summed E-state index contributed by atoms with van der Waals surface area (Å²) in [6.45, 7) is 6.22. The highest BCUT2D eigenvalue weighted by atomic mass is 16.5. The van der Waals surface area contributed by atoms with E-state index in [1.807, 2.05) is 13.8 Å². The van der Waals surface area contributed by atoms with Crippen molar-refractivity contribution < 1.29 is 14.6 Å². The van der Waals surface area contributed by atoms with Gasteiger partial charge >= 0.3 is 6.01 Å². The second-order valence-corrected chi connectivity index (χ2v) is 4.61. The number of ether oxygens (including phenoxy) is 2. The van der Waals surface area contributed by atoms with E-state index in [4.69, 9.17) is 9.47 Å². The average molecular weight is 283 g/mol. The minimum atomic E-state index is -0.864. The van der Waals surface area contributed by atoms with E-state index < -0.39 is 5.60 Å². The van der Waals surface area contributed by atoms with Crippen molar-refractivity contribution in [3.63, 3.8) is 0 Å². The molecule has 0 aromatic carbocycles. The van der Waals surface area contributed by atoms with Gasteiger partial charge in [-0.3, -0.25) is 0 Å². The monoisotopic (exact) mass is 283 g/mol. The third kappa shape index (κ3) is 3.91. The van der Waals surface area contributed by atoms with Crippen LogP contribution in [0, 0.1) is 0 Å². The van der Waals surface area contributed by atoms with E-state index in [0.29, 0.717) is 51.2 Å². The summed E-state index contributed by atoms with van der Waals surface area (Å²) in [5, 5.41) is 16.2. The molecule has 1 fully saturated rings. The maximum absolute atomic E-state index is 10.2. The van der Waals surface area contributed by atoms with Crippen molar-refractivity contribution in [3.8, 4) is 6.01 Å². The van der Waals surface area contributed by atoms with E-state index in [1.54, 1.807) is 0 Å². The quantitative estimate of drug-likeness (QED) is 0.655. The molecule has 0 radical (unpaired) electrons. The van der Waals surface area contributed by atoms with Gasteiger partial charge in [-0.2, -0.15) is 15.0 Å². The number of hydrogen-bond acceptors (Lipinski definition) is 8. The molecule has 8 heteroatoms. The molecule has 2 rings (SSSR count). The van der Waals surface area contributed by atoms with E-state index in [2.05, 4.69) is 25.6 Å². The Balaban J connectivity index is 2.05. The molecule has 0 spiro atoms. The number of rotatable bonds is 7. The van der Waals surface area contributed by atoms with Gasteiger partial charge in [0, 0.05) is 26.1 Å². The van der Waals surface area contributed by atoms with Crippen molar-refractivity contribution in [1.29, 1.82) is 0 Å². The summed E-state index contributed by atoms with van der Waals surface area (Å²) in [6.07, 6.45) is 0.601. The molecule has 20 heavy (non-hydrogen) atoms. The minimum Gasteiger partial charge on any atom is -0.464 e. The van der Waals surface area contributed by atoms with Crippen molar-refractivity contribution in [1.82, 2.24) is 15.0 Å². The Morgan fingerprint density at radius 1 is 1.25 bits per heavy atom. The second-order valence-electron chi connectivity index (χ2n) is 4.61. The van der Waals surface area contributed by atoms with Crippen LogP contribution in [0.25, 0.3) is 0 Å². The zero-order chi connectivity index (χ0) is 14.4. The van der Waals surface area contributed by atoms with Gasteiger partial charge in [-0.15, -0.1) is 0 Å². The van der Waals surface area contributed by atoms with Crippen molar-refractivity contribution in [2.45, 2.75) is 25.9 Å². The Kier molecular flexibility index (Phi) is 4.91. The summed E-state index contributed by atoms with van der Waals surface area (Å²) >= 11 is 0. The van der Waals surface area contributed by atoms with Gasteiger partial charge in [0.2, 0.25) is 11.9 Å². The van der Waals surface area contributed by atoms with Crippen LogP contribution >= 0.6 is 0 Å². The highest BCUT2D eigenvalue weighted by Gasteiger charge is 2.32. The maximum atomic E-state index is 10.2. The van der Waals surface area contributed by atoms with Crippen LogP contribution in [-0.4, -0.2) is 58.6 Å². The average Bonchev–Trinajstić information content (AvgIpc) is 2.85. The van der Waals surface area contributed by atoms with E-state index in [-0.39, 0.29) is 6.01 Å². The third-order valence-corrected chi connectivity index (χ3v) is 2.88. The largest absolute Gasteiger partial charge is 0.464 e. The molecule has 0 saturated carbocycles. The lowest BCUT2D eigenvalue weighted by molar-refractivity contribution is 0.0380. The molecule has 0 bridgehead atoms. The van der Waals surface area contributed by atoms with Crippen LogP contribution in [0.1, 0.15) is 20.3 Å². The second kappa shape index (κ2) is 6.67. The molecule has 1 aliphatic rings. The first kappa shape index (κ1) is 14.7. The molecule has 112 valence electrons. The standard InChI is InChI=1S/C12H21N5O3/c1-3-13-9-15-10(17-11(16-9)20-4-2)14-7-12(18)5-6-19-8-12/h18H,3-8H2,1-2H3,(H2,13,14,15,16,17). The van der Waals surface area contributed by atoms with Crippen LogP contribution in [0.4, 0.5) is 11.9 Å². The number of aliphatic hydroxyl groups is 1. The van der Waals surface area contributed by atoms with Crippen LogP contribution in [0.3, 0.4) is 0 Å². The van der Waals surface area contributed by atoms with Crippen LogP contribution in [0.2, 0.25) is 0 Å². The fourth-order valence-electron chi connectivity index (χ4n) is 1.85.